The highest BCUT2D eigenvalue weighted by molar-refractivity contribution is 5.75. The zero-order valence-electron chi connectivity index (χ0n) is 6.97. The Morgan fingerprint density at radius 1 is 1.82 bits per heavy atom. The molecule has 0 heterocycles. The number of nitrogens with two attached hydrogens (primary N) is 1. The highest BCUT2D eigenvalue weighted by atomic mass is 16.1. The standard InChI is InChI=1S/C8H16N2O/c1-3-4-5-8(11)10-6-7(2)9/h3,7H,1,4-6,9H2,2H3,(H,10,11). The van der Waals surface area contributed by atoms with Gasteiger partial charge in [-0.15, -0.1) is 6.58 Å². The number of nitrogens with one attached hydrogen (secondary N) is 1. The second kappa shape index (κ2) is 5.92. The molecule has 0 saturated heterocycles. The van der Waals surface area contributed by atoms with Gasteiger partial charge in [0.2, 0.25) is 5.91 Å². The zero-order chi connectivity index (χ0) is 8.69. The lowest BCUT2D eigenvalue weighted by Gasteiger charge is -2.06. The lowest BCUT2D eigenvalue weighted by Crippen LogP contribution is -2.34. The van der Waals surface area contributed by atoms with E-state index in [4.69, 9.17) is 5.73 Å². The molecular weight excluding hydrogens is 140 g/mol. The molecule has 11 heavy (non-hydrogen) atoms. The van der Waals surface area contributed by atoms with Crippen LogP contribution >= 0.6 is 0 Å². The third-order valence-corrected chi connectivity index (χ3v) is 1.20. The van der Waals surface area contributed by atoms with E-state index in [2.05, 4.69) is 11.9 Å². The molecule has 3 heteroatoms. The van der Waals surface area contributed by atoms with Crippen LogP contribution in [0.3, 0.4) is 0 Å². The molecular formula is C8H16N2O. The number of rotatable bonds is 5. The van der Waals surface area contributed by atoms with E-state index in [1.807, 2.05) is 6.92 Å². The minimum Gasteiger partial charge on any atom is -0.355 e. The fourth-order valence-corrected chi connectivity index (χ4v) is 0.596. The van der Waals surface area contributed by atoms with Gasteiger partial charge < -0.3 is 11.1 Å². The summed E-state index contributed by atoms with van der Waals surface area (Å²) in [7, 11) is 0. The van der Waals surface area contributed by atoms with Gasteiger partial charge in [0.25, 0.3) is 0 Å². The van der Waals surface area contributed by atoms with Crippen molar-refractivity contribution in [1.82, 2.24) is 5.32 Å². The van der Waals surface area contributed by atoms with Crippen molar-refractivity contribution in [2.24, 2.45) is 5.73 Å². The Bertz CT molecular complexity index is 132. The van der Waals surface area contributed by atoms with Crippen LogP contribution in [-0.2, 0) is 4.79 Å². The normalized spacial score (nSPS) is 12.2. The van der Waals surface area contributed by atoms with Gasteiger partial charge in [-0.3, -0.25) is 4.79 Å². The van der Waals surface area contributed by atoms with Gasteiger partial charge in [0.1, 0.15) is 0 Å². The molecule has 0 aromatic heterocycles. The van der Waals surface area contributed by atoms with Gasteiger partial charge in [0.05, 0.1) is 0 Å². The van der Waals surface area contributed by atoms with Crippen LogP contribution in [0.15, 0.2) is 12.7 Å². The summed E-state index contributed by atoms with van der Waals surface area (Å²) < 4.78 is 0. The molecule has 1 unspecified atom stereocenters. The van der Waals surface area contributed by atoms with Crippen LogP contribution in [0, 0.1) is 0 Å². The first kappa shape index (κ1) is 10.2. The van der Waals surface area contributed by atoms with Gasteiger partial charge in [0.15, 0.2) is 0 Å². The molecule has 0 aliphatic carbocycles. The monoisotopic (exact) mass is 156 g/mol. The van der Waals surface area contributed by atoms with Gasteiger partial charge in [-0.2, -0.15) is 0 Å². The minimum absolute atomic E-state index is 0.0303. The van der Waals surface area contributed by atoms with Gasteiger partial charge >= 0.3 is 0 Å². The van der Waals surface area contributed by atoms with Crippen LogP contribution in [0.2, 0.25) is 0 Å². The van der Waals surface area contributed by atoms with Crippen molar-refractivity contribution in [3.8, 4) is 0 Å². The summed E-state index contributed by atoms with van der Waals surface area (Å²) in [5.41, 5.74) is 5.43. The average molecular weight is 156 g/mol. The number of allylic oxidation sites excluding steroid dienone is 1. The van der Waals surface area contributed by atoms with E-state index in [0.29, 0.717) is 13.0 Å². The first-order valence-corrected chi connectivity index (χ1v) is 3.80. The van der Waals surface area contributed by atoms with Crippen LogP contribution in [0.5, 0.6) is 0 Å². The molecule has 0 radical (unpaired) electrons. The molecule has 0 fully saturated rings. The molecule has 3 N–H and O–H groups in total. The molecule has 0 rings (SSSR count). The topological polar surface area (TPSA) is 55.1 Å². The first-order chi connectivity index (χ1) is 5.16. The van der Waals surface area contributed by atoms with E-state index in [9.17, 15) is 4.79 Å². The molecule has 3 nitrogen and oxygen atoms in total. The van der Waals surface area contributed by atoms with Crippen LogP contribution in [0.1, 0.15) is 19.8 Å². The second-order valence-corrected chi connectivity index (χ2v) is 2.61. The quantitative estimate of drug-likeness (QED) is 0.567. The second-order valence-electron chi connectivity index (χ2n) is 2.61. The van der Waals surface area contributed by atoms with Gasteiger partial charge in [-0.25, -0.2) is 0 Å². The predicted molar refractivity (Wildman–Crippen MR) is 46.1 cm³/mol. The summed E-state index contributed by atoms with van der Waals surface area (Å²) in [5.74, 6) is 0.0437. The average Bonchev–Trinajstić information content (AvgIpc) is 1.97. The Hall–Kier alpha value is -0.830. The van der Waals surface area contributed by atoms with Gasteiger partial charge in [0, 0.05) is 19.0 Å². The maximum atomic E-state index is 10.9. The summed E-state index contributed by atoms with van der Waals surface area (Å²) in [6, 6.07) is 0.0303. The summed E-state index contributed by atoms with van der Waals surface area (Å²) in [5, 5.41) is 2.71. The number of carbonyl (C=O) groups is 1. The van der Waals surface area contributed by atoms with E-state index < -0.39 is 0 Å². The maximum absolute atomic E-state index is 10.9. The van der Waals surface area contributed by atoms with E-state index in [1.54, 1.807) is 6.08 Å². The summed E-state index contributed by atoms with van der Waals surface area (Å²) in [6.07, 6.45) is 2.96. The molecule has 0 aliphatic heterocycles. The highest BCUT2D eigenvalue weighted by Crippen LogP contribution is 1.88. The molecule has 1 amide bonds. The molecule has 0 aromatic rings. The summed E-state index contributed by atoms with van der Waals surface area (Å²) in [6.45, 7) is 5.93. The third-order valence-electron chi connectivity index (χ3n) is 1.20. The lowest BCUT2D eigenvalue weighted by molar-refractivity contribution is -0.121. The largest absolute Gasteiger partial charge is 0.355 e. The molecule has 0 aromatic carbocycles. The van der Waals surface area contributed by atoms with E-state index in [-0.39, 0.29) is 11.9 Å². The van der Waals surface area contributed by atoms with Gasteiger partial charge in [-0.05, 0) is 13.3 Å². The maximum Gasteiger partial charge on any atom is 0.220 e. The lowest BCUT2D eigenvalue weighted by atomic mass is 10.3. The van der Waals surface area contributed by atoms with Crippen LogP contribution in [0.4, 0.5) is 0 Å². The van der Waals surface area contributed by atoms with E-state index >= 15 is 0 Å². The number of hydrogen-bond acceptors (Lipinski definition) is 2. The van der Waals surface area contributed by atoms with Crippen LogP contribution < -0.4 is 11.1 Å². The number of carbonyl (C=O) groups excluding carboxylic acids is 1. The predicted octanol–water partition coefficient (Wildman–Crippen LogP) is 0.416. The molecule has 0 aliphatic rings. The SMILES string of the molecule is C=CCCC(=O)NCC(C)N. The molecule has 0 bridgehead atoms. The molecule has 64 valence electrons. The summed E-state index contributed by atoms with van der Waals surface area (Å²) >= 11 is 0. The first-order valence-electron chi connectivity index (χ1n) is 3.80. The van der Waals surface area contributed by atoms with Crippen molar-refractivity contribution in [2.75, 3.05) is 6.54 Å². The van der Waals surface area contributed by atoms with E-state index in [0.717, 1.165) is 6.42 Å². The Morgan fingerprint density at radius 2 is 2.45 bits per heavy atom. The van der Waals surface area contributed by atoms with Gasteiger partial charge in [-0.1, -0.05) is 6.08 Å². The number of amides is 1. The Morgan fingerprint density at radius 3 is 2.91 bits per heavy atom. The van der Waals surface area contributed by atoms with Crippen molar-refractivity contribution in [1.29, 1.82) is 0 Å². The van der Waals surface area contributed by atoms with Crippen molar-refractivity contribution >= 4 is 5.91 Å². The van der Waals surface area contributed by atoms with Crippen molar-refractivity contribution < 1.29 is 4.79 Å². The van der Waals surface area contributed by atoms with E-state index in [1.165, 1.54) is 0 Å². The zero-order valence-corrected chi connectivity index (χ0v) is 6.97. The Labute approximate surface area is 67.7 Å². The van der Waals surface area contributed by atoms with Crippen molar-refractivity contribution in [3.63, 3.8) is 0 Å². The molecule has 1 atom stereocenters. The summed E-state index contributed by atoms with van der Waals surface area (Å²) in [4.78, 5) is 10.9. The Kier molecular flexibility index (Phi) is 5.47. The molecule has 0 saturated carbocycles. The van der Waals surface area contributed by atoms with Crippen LogP contribution in [-0.4, -0.2) is 18.5 Å². The van der Waals surface area contributed by atoms with Crippen LogP contribution in [0.25, 0.3) is 0 Å². The Balaban J connectivity index is 3.29. The fourth-order valence-electron chi connectivity index (χ4n) is 0.596. The minimum atomic E-state index is 0.0303. The van der Waals surface area contributed by atoms with Crippen molar-refractivity contribution in [3.05, 3.63) is 12.7 Å². The molecule has 0 spiro atoms. The van der Waals surface area contributed by atoms with Crippen molar-refractivity contribution in [2.45, 2.75) is 25.8 Å². The smallest absolute Gasteiger partial charge is 0.220 e. The highest BCUT2D eigenvalue weighted by Gasteiger charge is 1.99. The number of hydrogen-bond donors (Lipinski definition) is 2. The third kappa shape index (κ3) is 7.06. The fraction of sp³-hybridized carbons (Fsp3) is 0.625.